The molecule has 0 radical (unpaired) electrons. The van der Waals surface area contributed by atoms with Gasteiger partial charge in [-0.1, -0.05) is 40.5 Å². The lowest BCUT2D eigenvalue weighted by Gasteiger charge is -2.45. The predicted molar refractivity (Wildman–Crippen MR) is 70.1 cm³/mol. The molecular weight excluding hydrogens is 214 g/mol. The maximum absolute atomic E-state index is 11.7. The van der Waals surface area contributed by atoms with E-state index in [1.165, 1.54) is 6.42 Å². The van der Waals surface area contributed by atoms with Crippen molar-refractivity contribution in [2.75, 3.05) is 13.6 Å². The van der Waals surface area contributed by atoms with Crippen LogP contribution in [0.5, 0.6) is 0 Å². The van der Waals surface area contributed by atoms with Gasteiger partial charge in [0.2, 0.25) is 0 Å². The Morgan fingerprint density at radius 3 is 2.47 bits per heavy atom. The SMILES string of the molecule is CC1CCCC(C(=O)O)(N(C)CC(C)(C)C)C1. The zero-order chi connectivity index (χ0) is 13.3. The van der Waals surface area contributed by atoms with Gasteiger partial charge in [-0.05, 0) is 31.2 Å². The maximum Gasteiger partial charge on any atom is 0.324 e. The van der Waals surface area contributed by atoms with Crippen LogP contribution in [0.15, 0.2) is 0 Å². The molecule has 0 amide bonds. The average molecular weight is 241 g/mol. The van der Waals surface area contributed by atoms with E-state index in [-0.39, 0.29) is 5.41 Å². The van der Waals surface area contributed by atoms with Gasteiger partial charge in [0, 0.05) is 6.54 Å². The van der Waals surface area contributed by atoms with Gasteiger partial charge in [-0.3, -0.25) is 9.69 Å². The van der Waals surface area contributed by atoms with Crippen molar-refractivity contribution in [1.82, 2.24) is 4.90 Å². The zero-order valence-electron chi connectivity index (χ0n) is 11.9. The fraction of sp³-hybridized carbons (Fsp3) is 0.929. The van der Waals surface area contributed by atoms with Crippen LogP contribution in [0.4, 0.5) is 0 Å². The Balaban J connectivity index is 2.87. The molecular formula is C14H27NO2. The first-order valence-corrected chi connectivity index (χ1v) is 6.62. The van der Waals surface area contributed by atoms with Gasteiger partial charge in [-0.25, -0.2) is 0 Å². The molecule has 3 heteroatoms. The summed E-state index contributed by atoms with van der Waals surface area (Å²) in [4.78, 5) is 13.8. The second-order valence-electron chi connectivity index (χ2n) is 6.95. The van der Waals surface area contributed by atoms with Crippen LogP contribution in [-0.2, 0) is 4.79 Å². The smallest absolute Gasteiger partial charge is 0.324 e. The predicted octanol–water partition coefficient (Wildman–Crippen LogP) is 3.00. The highest BCUT2D eigenvalue weighted by Crippen LogP contribution is 2.37. The van der Waals surface area contributed by atoms with E-state index in [1.807, 2.05) is 7.05 Å². The molecule has 1 N–H and O–H groups in total. The van der Waals surface area contributed by atoms with Crippen LogP contribution in [0.2, 0.25) is 0 Å². The molecule has 0 aliphatic heterocycles. The Morgan fingerprint density at radius 1 is 1.47 bits per heavy atom. The first kappa shape index (κ1) is 14.5. The molecule has 0 aromatic rings. The summed E-state index contributed by atoms with van der Waals surface area (Å²) >= 11 is 0. The van der Waals surface area contributed by atoms with E-state index in [2.05, 4.69) is 32.6 Å². The van der Waals surface area contributed by atoms with Crippen molar-refractivity contribution in [3.05, 3.63) is 0 Å². The number of hydrogen-bond donors (Lipinski definition) is 1. The first-order valence-electron chi connectivity index (χ1n) is 6.62. The molecule has 3 nitrogen and oxygen atoms in total. The lowest BCUT2D eigenvalue weighted by molar-refractivity contribution is -0.155. The van der Waals surface area contributed by atoms with Crippen LogP contribution in [0.1, 0.15) is 53.4 Å². The van der Waals surface area contributed by atoms with Gasteiger partial charge in [-0.2, -0.15) is 0 Å². The second-order valence-corrected chi connectivity index (χ2v) is 6.95. The molecule has 1 saturated carbocycles. The van der Waals surface area contributed by atoms with Crippen LogP contribution >= 0.6 is 0 Å². The van der Waals surface area contributed by atoms with Gasteiger partial charge in [-0.15, -0.1) is 0 Å². The van der Waals surface area contributed by atoms with E-state index < -0.39 is 11.5 Å². The molecule has 2 atom stereocenters. The number of carboxylic acids is 1. The quantitative estimate of drug-likeness (QED) is 0.825. The van der Waals surface area contributed by atoms with Gasteiger partial charge >= 0.3 is 5.97 Å². The summed E-state index contributed by atoms with van der Waals surface area (Å²) in [5.74, 6) is -0.127. The van der Waals surface area contributed by atoms with Crippen molar-refractivity contribution >= 4 is 5.97 Å². The van der Waals surface area contributed by atoms with Crippen LogP contribution in [0.3, 0.4) is 0 Å². The normalized spacial score (nSPS) is 30.6. The van der Waals surface area contributed by atoms with Crippen LogP contribution < -0.4 is 0 Å². The second kappa shape index (κ2) is 4.97. The minimum atomic E-state index is -0.643. The van der Waals surface area contributed by atoms with Crippen molar-refractivity contribution in [2.24, 2.45) is 11.3 Å². The van der Waals surface area contributed by atoms with Gasteiger partial charge < -0.3 is 5.11 Å². The molecule has 1 rings (SSSR count). The highest BCUT2D eigenvalue weighted by Gasteiger charge is 2.45. The molecule has 1 aliphatic carbocycles. The largest absolute Gasteiger partial charge is 0.480 e. The maximum atomic E-state index is 11.7. The molecule has 1 fully saturated rings. The number of nitrogens with zero attached hydrogens (tertiary/aromatic N) is 1. The standard InChI is InChI=1S/C14H27NO2/c1-11-7-6-8-14(9-11,12(16)17)15(5)10-13(2,3)4/h11H,6-10H2,1-5H3,(H,16,17). The molecule has 17 heavy (non-hydrogen) atoms. The van der Waals surface area contributed by atoms with E-state index in [0.717, 1.165) is 25.8 Å². The molecule has 0 saturated heterocycles. The fourth-order valence-electron chi connectivity index (χ4n) is 3.09. The highest BCUT2D eigenvalue weighted by molar-refractivity contribution is 5.79. The number of carbonyl (C=O) groups is 1. The van der Waals surface area contributed by atoms with E-state index >= 15 is 0 Å². The van der Waals surface area contributed by atoms with Crippen molar-refractivity contribution in [3.8, 4) is 0 Å². The third kappa shape index (κ3) is 3.44. The first-order chi connectivity index (χ1) is 7.67. The van der Waals surface area contributed by atoms with Crippen LogP contribution in [-0.4, -0.2) is 35.1 Å². The summed E-state index contributed by atoms with van der Waals surface area (Å²) < 4.78 is 0. The third-order valence-electron chi connectivity index (χ3n) is 3.81. The van der Waals surface area contributed by atoms with E-state index in [9.17, 15) is 9.90 Å². The molecule has 100 valence electrons. The molecule has 0 spiro atoms. The Kier molecular flexibility index (Phi) is 4.23. The van der Waals surface area contributed by atoms with Crippen LogP contribution in [0.25, 0.3) is 0 Å². The molecule has 0 heterocycles. The summed E-state index contributed by atoms with van der Waals surface area (Å²) in [6, 6.07) is 0. The molecule has 0 aromatic heterocycles. The van der Waals surface area contributed by atoms with Gasteiger partial charge in [0.15, 0.2) is 0 Å². The summed E-state index contributed by atoms with van der Waals surface area (Å²) in [7, 11) is 1.97. The van der Waals surface area contributed by atoms with Crippen LogP contribution in [0, 0.1) is 11.3 Å². The third-order valence-corrected chi connectivity index (χ3v) is 3.81. The van der Waals surface area contributed by atoms with Gasteiger partial charge in [0.1, 0.15) is 5.54 Å². The van der Waals surface area contributed by atoms with Gasteiger partial charge in [0.25, 0.3) is 0 Å². The molecule has 0 aromatic carbocycles. The number of carboxylic acid groups (broad SMARTS) is 1. The van der Waals surface area contributed by atoms with E-state index in [4.69, 9.17) is 0 Å². The number of likely N-dealkylation sites (N-methyl/N-ethyl adjacent to an activating group) is 1. The highest BCUT2D eigenvalue weighted by atomic mass is 16.4. The average Bonchev–Trinajstić information content (AvgIpc) is 2.14. The van der Waals surface area contributed by atoms with Crippen molar-refractivity contribution < 1.29 is 9.90 Å². The fourth-order valence-corrected chi connectivity index (χ4v) is 3.09. The molecule has 1 aliphatic rings. The minimum absolute atomic E-state index is 0.137. The van der Waals surface area contributed by atoms with E-state index in [1.54, 1.807) is 0 Å². The summed E-state index contributed by atoms with van der Waals surface area (Å²) in [6.45, 7) is 9.47. The summed E-state index contributed by atoms with van der Waals surface area (Å²) in [6.07, 6.45) is 3.77. The van der Waals surface area contributed by atoms with Crippen molar-refractivity contribution in [2.45, 2.75) is 58.9 Å². The Labute approximate surface area is 105 Å². The summed E-state index contributed by atoms with van der Waals surface area (Å²) in [5, 5.41) is 9.63. The number of aliphatic carboxylic acids is 1. The summed E-state index contributed by atoms with van der Waals surface area (Å²) in [5.41, 5.74) is -0.497. The monoisotopic (exact) mass is 241 g/mol. The Morgan fingerprint density at radius 2 is 2.06 bits per heavy atom. The minimum Gasteiger partial charge on any atom is -0.480 e. The number of rotatable bonds is 3. The van der Waals surface area contributed by atoms with Crippen molar-refractivity contribution in [3.63, 3.8) is 0 Å². The lowest BCUT2D eigenvalue weighted by atomic mass is 9.74. The zero-order valence-corrected chi connectivity index (χ0v) is 11.9. The molecule has 0 bridgehead atoms. The lowest BCUT2D eigenvalue weighted by Crippen LogP contribution is -2.57. The Bertz CT molecular complexity index is 282. The Hall–Kier alpha value is -0.570. The number of hydrogen-bond acceptors (Lipinski definition) is 2. The topological polar surface area (TPSA) is 40.5 Å². The van der Waals surface area contributed by atoms with E-state index in [0.29, 0.717) is 5.92 Å². The van der Waals surface area contributed by atoms with Crippen molar-refractivity contribution in [1.29, 1.82) is 0 Å². The van der Waals surface area contributed by atoms with Gasteiger partial charge in [0.05, 0.1) is 0 Å². The molecule has 2 unspecified atom stereocenters.